The van der Waals surface area contributed by atoms with E-state index in [9.17, 15) is 44.3 Å². The van der Waals surface area contributed by atoms with Crippen LogP contribution in [-0.4, -0.2) is 65.6 Å². The van der Waals surface area contributed by atoms with Crippen LogP contribution in [0, 0.1) is 11.8 Å². The van der Waals surface area contributed by atoms with Crippen LogP contribution in [0.15, 0.2) is 46.6 Å². The van der Waals surface area contributed by atoms with Gasteiger partial charge >= 0.3 is 18.5 Å². The van der Waals surface area contributed by atoms with E-state index < -0.39 is 47.7 Å². The number of hydrogen-bond acceptors (Lipinski definition) is 5. The average molecular weight is 671 g/mol. The molecular weight excluding hydrogens is 631 g/mol. The van der Waals surface area contributed by atoms with Gasteiger partial charge in [-0.15, -0.1) is 5.10 Å². The zero-order valence-electron chi connectivity index (χ0n) is 25.7. The molecule has 0 saturated carbocycles. The summed E-state index contributed by atoms with van der Waals surface area (Å²) in [5.74, 6) is 4.55. The van der Waals surface area contributed by atoms with Crippen molar-refractivity contribution in [1.82, 2.24) is 14.9 Å². The average Bonchev–Trinajstić information content (AvgIpc) is 3.15. The Morgan fingerprint density at radius 2 is 1.52 bits per heavy atom. The highest BCUT2D eigenvalue weighted by atomic mass is 19.4. The van der Waals surface area contributed by atoms with Crippen LogP contribution in [0.1, 0.15) is 62.6 Å². The summed E-state index contributed by atoms with van der Waals surface area (Å²) in [4.78, 5) is 15.3. The number of rotatable bonds is 9. The van der Waals surface area contributed by atoms with Gasteiger partial charge in [0, 0.05) is 37.7 Å². The first kappa shape index (κ1) is 37.2. The molecule has 0 amide bonds. The third kappa shape index (κ3) is 9.86. The fourth-order valence-corrected chi connectivity index (χ4v) is 6.11. The Morgan fingerprint density at radius 3 is 1.98 bits per heavy atom. The highest BCUT2D eigenvalue weighted by molar-refractivity contribution is 5.78. The van der Waals surface area contributed by atoms with Crippen LogP contribution >= 0.6 is 0 Å². The second-order valence-corrected chi connectivity index (χ2v) is 11.8. The van der Waals surface area contributed by atoms with Crippen molar-refractivity contribution in [1.29, 1.82) is 0 Å². The molecule has 2 unspecified atom stereocenters. The molecule has 4 N–H and O–H groups in total. The predicted molar refractivity (Wildman–Crippen MR) is 154 cm³/mol. The number of hydrazine groups is 1. The molecule has 1 heterocycles. The molecule has 0 bridgehead atoms. The van der Waals surface area contributed by atoms with E-state index in [-0.39, 0.29) is 54.7 Å². The van der Waals surface area contributed by atoms with Crippen LogP contribution in [0.25, 0.3) is 0 Å². The van der Waals surface area contributed by atoms with Crippen molar-refractivity contribution < 1.29 is 44.3 Å². The number of Topliss-reactive ketones (excluding diaryl/α,β-unsaturated/α-hetero) is 1. The zero-order chi connectivity index (χ0) is 34.6. The third-order valence-electron chi connectivity index (χ3n) is 8.44. The third-order valence-corrected chi connectivity index (χ3v) is 8.44. The van der Waals surface area contributed by atoms with Crippen LogP contribution in [0.3, 0.4) is 0 Å². The van der Waals surface area contributed by atoms with Crippen molar-refractivity contribution in [2.45, 2.75) is 77.1 Å². The van der Waals surface area contributed by atoms with Gasteiger partial charge in [0.1, 0.15) is 5.78 Å². The van der Waals surface area contributed by atoms with Gasteiger partial charge in [0.2, 0.25) is 5.96 Å². The second-order valence-electron chi connectivity index (χ2n) is 11.8. The van der Waals surface area contributed by atoms with Crippen molar-refractivity contribution in [3.63, 3.8) is 0 Å². The van der Waals surface area contributed by atoms with Crippen molar-refractivity contribution >= 4 is 11.7 Å². The molecule has 1 fully saturated rings. The van der Waals surface area contributed by atoms with Crippen LogP contribution in [-0.2, 0) is 23.7 Å². The Bertz CT molecular complexity index is 1280. The molecule has 0 radical (unpaired) electrons. The van der Waals surface area contributed by atoms with Gasteiger partial charge in [-0.3, -0.25) is 9.69 Å². The zero-order valence-corrected chi connectivity index (χ0v) is 25.7. The number of benzene rings is 1. The second kappa shape index (κ2) is 14.7. The molecule has 46 heavy (non-hydrogen) atoms. The molecule has 1 aliphatic heterocycles. The van der Waals surface area contributed by atoms with Gasteiger partial charge in [0.05, 0.1) is 11.1 Å². The van der Waals surface area contributed by atoms with E-state index in [4.69, 9.17) is 11.6 Å². The lowest BCUT2D eigenvalue weighted by Gasteiger charge is -2.40. The van der Waals surface area contributed by atoms with Gasteiger partial charge in [-0.05, 0) is 87.4 Å². The van der Waals surface area contributed by atoms with Gasteiger partial charge in [-0.25, -0.2) is 11.0 Å². The number of nitrogens with zero attached hydrogens (tertiary/aromatic N) is 4. The smallest absolute Gasteiger partial charge is 0.368 e. The quantitative estimate of drug-likeness (QED) is 0.103. The Kier molecular flexibility index (Phi) is 11.8. The number of nitrogens with two attached hydrogens (primary N) is 2. The number of carbonyl (C=O) groups excluding carboxylic acids is 1. The number of hydrogen-bond donors (Lipinski definition) is 2. The summed E-state index contributed by atoms with van der Waals surface area (Å²) in [6, 6.07) is 0.812. The molecule has 16 heteroatoms. The number of carbonyl (C=O) groups is 1. The normalized spacial score (nSPS) is 20.1. The predicted octanol–water partition coefficient (Wildman–Crippen LogP) is 6.47. The lowest BCUT2D eigenvalue weighted by molar-refractivity contribution is -0.143. The monoisotopic (exact) mass is 670 g/mol. The Labute approximate surface area is 261 Å². The van der Waals surface area contributed by atoms with E-state index in [1.807, 2.05) is 6.92 Å². The van der Waals surface area contributed by atoms with Gasteiger partial charge in [0.25, 0.3) is 0 Å². The van der Waals surface area contributed by atoms with Gasteiger partial charge in [-0.1, -0.05) is 19.1 Å². The summed E-state index contributed by atoms with van der Waals surface area (Å²) in [5, 5.41) is 4.70. The molecule has 2 aliphatic rings. The largest absolute Gasteiger partial charge is 0.416 e. The van der Waals surface area contributed by atoms with Crippen molar-refractivity contribution in [2.24, 2.45) is 28.5 Å². The number of halogens is 9. The maximum atomic E-state index is 13.8. The first-order chi connectivity index (χ1) is 21.2. The molecule has 0 spiro atoms. The van der Waals surface area contributed by atoms with Crippen LogP contribution < -0.4 is 11.6 Å². The first-order valence-corrected chi connectivity index (χ1v) is 14.8. The highest BCUT2D eigenvalue weighted by Crippen LogP contribution is 2.39. The minimum absolute atomic E-state index is 0.0105. The molecule has 258 valence electrons. The lowest BCUT2D eigenvalue weighted by Crippen LogP contribution is -2.47. The number of guanidine groups is 1. The fraction of sp³-hybridized carbons (Fsp3) is 0.600. The van der Waals surface area contributed by atoms with E-state index >= 15 is 0 Å². The first-order valence-electron chi connectivity index (χ1n) is 14.8. The Hall–Kier alpha value is -3.27. The molecule has 1 aliphatic carbocycles. The van der Waals surface area contributed by atoms with Crippen LogP contribution in [0.2, 0.25) is 0 Å². The summed E-state index contributed by atoms with van der Waals surface area (Å²) < 4.78 is 123. The van der Waals surface area contributed by atoms with Crippen molar-refractivity contribution in [2.75, 3.05) is 26.7 Å². The number of piperidine rings is 1. The summed E-state index contributed by atoms with van der Waals surface area (Å²) >= 11 is 0. The van der Waals surface area contributed by atoms with E-state index in [0.717, 1.165) is 11.2 Å². The minimum atomic E-state index is -5.08. The molecular formula is C30H39F9N6O. The van der Waals surface area contributed by atoms with Crippen molar-refractivity contribution in [3.8, 4) is 0 Å². The van der Waals surface area contributed by atoms with Crippen molar-refractivity contribution in [3.05, 3.63) is 58.2 Å². The topological polar surface area (TPSA) is 91.2 Å². The maximum absolute atomic E-state index is 13.8. The molecule has 3 rings (SSSR count). The Balaban J connectivity index is 2.05. The number of alkyl halides is 9. The minimum Gasteiger partial charge on any atom is -0.368 e. The highest BCUT2D eigenvalue weighted by Gasteiger charge is 2.39. The number of hydrazone groups is 1. The molecule has 1 saturated heterocycles. The number of ketones is 1. The van der Waals surface area contributed by atoms with E-state index in [1.165, 1.54) is 24.9 Å². The lowest BCUT2D eigenvalue weighted by atomic mass is 9.84. The van der Waals surface area contributed by atoms with Gasteiger partial charge < -0.3 is 10.6 Å². The Morgan fingerprint density at radius 1 is 0.957 bits per heavy atom. The van der Waals surface area contributed by atoms with Gasteiger partial charge in [-0.2, -0.15) is 39.5 Å². The van der Waals surface area contributed by atoms with Crippen LogP contribution in [0.4, 0.5) is 39.5 Å². The standard InChI is InChI=1S/C30H39F9N6O/c1-4-26(44-11-9-20(10-12-44)18(2)46)25-8-7-22(28(31,32)33)6-5-21(25)17-45(27(40)42-43(3)41)16-19-13-23(29(34,35)36)15-24(14-19)30(37,38)39/h7-8,13-15,20-21,26H,4-6,9-12,16-17,41H2,1-3H3,(H2,40,42). The summed E-state index contributed by atoms with van der Waals surface area (Å²) in [5.41, 5.74) is 2.60. The maximum Gasteiger partial charge on any atom is 0.416 e. The van der Waals surface area contributed by atoms with Crippen LogP contribution in [0.5, 0.6) is 0 Å². The molecule has 7 nitrogen and oxygen atoms in total. The fourth-order valence-electron chi connectivity index (χ4n) is 6.11. The van der Waals surface area contributed by atoms with E-state index in [0.29, 0.717) is 50.1 Å². The molecule has 1 aromatic carbocycles. The van der Waals surface area contributed by atoms with E-state index in [1.54, 1.807) is 0 Å². The SMILES string of the molecule is CCC(C1=CC=C(C(F)(F)F)CCC1CN(Cc1cc(C(F)(F)F)cc(C(F)(F)F)c1)/C(N)=N/N(C)N)N1CCC(C(C)=O)CC1. The molecule has 2 atom stereocenters. The van der Waals surface area contributed by atoms with Gasteiger partial charge in [0.15, 0.2) is 0 Å². The summed E-state index contributed by atoms with van der Waals surface area (Å²) in [6.07, 6.45) is -11.1. The number of likely N-dealkylation sites (tertiary alicyclic amines) is 1. The summed E-state index contributed by atoms with van der Waals surface area (Å²) in [6.45, 7) is 3.70. The van der Waals surface area contributed by atoms with E-state index in [2.05, 4.69) is 10.0 Å². The molecule has 0 aromatic heterocycles. The molecule has 1 aromatic rings. The summed E-state index contributed by atoms with van der Waals surface area (Å²) in [7, 11) is 1.30. The number of allylic oxidation sites excluding steroid dienone is 3.